The first-order chi connectivity index (χ1) is 10.3. The summed E-state index contributed by atoms with van der Waals surface area (Å²) in [5, 5.41) is 9.90. The zero-order chi connectivity index (χ0) is 17.0. The van der Waals surface area contributed by atoms with Crippen LogP contribution in [0, 0.1) is 11.3 Å². The Hall–Kier alpha value is -0.690. The molecule has 1 fully saturated rings. The van der Waals surface area contributed by atoms with Crippen LogP contribution in [0.3, 0.4) is 0 Å². The Morgan fingerprint density at radius 3 is 2.36 bits per heavy atom. The highest BCUT2D eigenvalue weighted by molar-refractivity contribution is 5.63. The standard InChI is InChI=1S/C9H18O3.C7H15NO2/c1-9(2,3)7-5-11-6-12-8(7)10-4;8-6-4-2-1-3-5-7(9)10/h7-8H,5-6H2,1-4H3;1-6,8H2,(H,9,10)/p-1/t7-,8+;/m1./s1. The molecule has 1 aliphatic heterocycles. The van der Waals surface area contributed by atoms with Gasteiger partial charge in [0.25, 0.3) is 0 Å². The lowest BCUT2D eigenvalue weighted by atomic mass is 9.80. The molecular weight excluding hydrogens is 286 g/mol. The van der Waals surface area contributed by atoms with E-state index < -0.39 is 5.97 Å². The van der Waals surface area contributed by atoms with Gasteiger partial charge in [0.1, 0.15) is 6.79 Å². The second-order valence-electron chi connectivity index (χ2n) is 6.56. The summed E-state index contributed by atoms with van der Waals surface area (Å²) in [7, 11) is 1.68. The van der Waals surface area contributed by atoms with Crippen molar-refractivity contribution in [3.63, 3.8) is 0 Å². The van der Waals surface area contributed by atoms with Crippen molar-refractivity contribution in [1.29, 1.82) is 0 Å². The molecule has 0 unspecified atom stereocenters. The summed E-state index contributed by atoms with van der Waals surface area (Å²) >= 11 is 0. The van der Waals surface area contributed by atoms with Gasteiger partial charge in [0.2, 0.25) is 0 Å². The van der Waals surface area contributed by atoms with Gasteiger partial charge in [-0.3, -0.25) is 0 Å². The quantitative estimate of drug-likeness (QED) is 0.710. The average molecular weight is 318 g/mol. The Bertz CT molecular complexity index is 291. The number of carboxylic acid groups (broad SMARTS) is 1. The molecular formula is C16H32NO5-. The van der Waals surface area contributed by atoms with Crippen molar-refractivity contribution in [2.75, 3.05) is 27.1 Å². The third-order valence-corrected chi connectivity index (χ3v) is 3.62. The molecule has 22 heavy (non-hydrogen) atoms. The van der Waals surface area contributed by atoms with E-state index in [2.05, 4.69) is 20.8 Å². The van der Waals surface area contributed by atoms with Gasteiger partial charge in [-0.25, -0.2) is 0 Å². The van der Waals surface area contributed by atoms with Gasteiger partial charge < -0.3 is 29.8 Å². The number of rotatable bonds is 7. The number of nitrogens with two attached hydrogens (primary N) is 1. The number of hydrogen-bond donors (Lipinski definition) is 1. The highest BCUT2D eigenvalue weighted by atomic mass is 16.8. The van der Waals surface area contributed by atoms with E-state index in [-0.39, 0.29) is 18.1 Å². The Morgan fingerprint density at radius 1 is 1.27 bits per heavy atom. The minimum absolute atomic E-state index is 0.112. The van der Waals surface area contributed by atoms with Crippen LogP contribution in [0.1, 0.15) is 52.9 Å². The highest BCUT2D eigenvalue weighted by Gasteiger charge is 2.35. The highest BCUT2D eigenvalue weighted by Crippen LogP contribution is 2.32. The number of carbonyl (C=O) groups is 1. The third kappa shape index (κ3) is 10.1. The van der Waals surface area contributed by atoms with E-state index in [9.17, 15) is 9.90 Å². The van der Waals surface area contributed by atoms with Crippen LogP contribution in [0.25, 0.3) is 0 Å². The molecule has 1 rings (SSSR count). The van der Waals surface area contributed by atoms with E-state index >= 15 is 0 Å². The molecule has 2 N–H and O–H groups in total. The number of methoxy groups -OCH3 is 1. The first-order valence-electron chi connectivity index (χ1n) is 7.95. The van der Waals surface area contributed by atoms with Crippen LogP contribution < -0.4 is 10.8 Å². The Kier molecular flexibility index (Phi) is 11.5. The Balaban J connectivity index is 0.000000409. The van der Waals surface area contributed by atoms with Gasteiger partial charge in [0, 0.05) is 19.0 Å². The van der Waals surface area contributed by atoms with Gasteiger partial charge in [0.15, 0.2) is 6.29 Å². The minimum Gasteiger partial charge on any atom is -0.550 e. The van der Waals surface area contributed by atoms with Gasteiger partial charge in [0.05, 0.1) is 6.61 Å². The van der Waals surface area contributed by atoms with Crippen LogP contribution in [0.15, 0.2) is 0 Å². The lowest BCUT2D eigenvalue weighted by molar-refractivity contribution is -0.305. The Morgan fingerprint density at radius 2 is 1.91 bits per heavy atom. The number of hydrogen-bond acceptors (Lipinski definition) is 6. The molecule has 6 heteroatoms. The van der Waals surface area contributed by atoms with Crippen LogP contribution >= 0.6 is 0 Å². The molecule has 0 aliphatic carbocycles. The van der Waals surface area contributed by atoms with Gasteiger partial charge >= 0.3 is 0 Å². The predicted octanol–water partition coefficient (Wildman–Crippen LogP) is 1.27. The topological polar surface area (TPSA) is 93.8 Å². The molecule has 1 aliphatic rings. The SMILES string of the molecule is CO[C@H]1OCOC[C@H]1C(C)(C)C.NCCCCCCC(=O)[O-]. The largest absolute Gasteiger partial charge is 0.550 e. The van der Waals surface area contributed by atoms with Crippen LogP contribution in [-0.2, 0) is 19.0 Å². The lowest BCUT2D eigenvalue weighted by Gasteiger charge is -2.38. The molecule has 0 saturated carbocycles. The fourth-order valence-electron chi connectivity index (χ4n) is 2.14. The van der Waals surface area contributed by atoms with Crippen LogP contribution in [0.4, 0.5) is 0 Å². The smallest absolute Gasteiger partial charge is 0.165 e. The van der Waals surface area contributed by atoms with E-state index in [0.717, 1.165) is 32.3 Å². The van der Waals surface area contributed by atoms with Crippen molar-refractivity contribution in [1.82, 2.24) is 0 Å². The maximum absolute atomic E-state index is 9.90. The van der Waals surface area contributed by atoms with E-state index in [4.69, 9.17) is 19.9 Å². The van der Waals surface area contributed by atoms with E-state index in [1.54, 1.807) is 7.11 Å². The summed E-state index contributed by atoms with van der Waals surface area (Å²) < 4.78 is 15.8. The van der Waals surface area contributed by atoms with Crippen molar-refractivity contribution in [2.45, 2.75) is 59.2 Å². The summed E-state index contributed by atoms with van der Waals surface area (Å²) in [6.07, 6.45) is 3.77. The summed E-state index contributed by atoms with van der Waals surface area (Å²) in [5.41, 5.74) is 5.41. The summed E-state index contributed by atoms with van der Waals surface area (Å²) in [6.45, 7) is 8.28. The van der Waals surface area contributed by atoms with Gasteiger partial charge in [-0.15, -0.1) is 0 Å². The molecule has 2 atom stereocenters. The molecule has 0 aromatic heterocycles. The van der Waals surface area contributed by atoms with Crippen LogP contribution in [0.5, 0.6) is 0 Å². The van der Waals surface area contributed by atoms with E-state index in [1.807, 2.05) is 0 Å². The van der Waals surface area contributed by atoms with Crippen molar-refractivity contribution in [3.8, 4) is 0 Å². The first-order valence-corrected chi connectivity index (χ1v) is 7.95. The van der Waals surface area contributed by atoms with Gasteiger partial charge in [-0.05, 0) is 31.2 Å². The zero-order valence-electron chi connectivity index (χ0n) is 14.4. The normalized spacial score (nSPS) is 21.9. The molecule has 1 saturated heterocycles. The fourth-order valence-corrected chi connectivity index (χ4v) is 2.14. The van der Waals surface area contributed by atoms with Crippen LogP contribution in [-0.4, -0.2) is 39.3 Å². The molecule has 0 spiro atoms. The summed E-state index contributed by atoms with van der Waals surface area (Å²) in [6, 6.07) is 0. The van der Waals surface area contributed by atoms with E-state index in [0.29, 0.717) is 19.3 Å². The number of carbonyl (C=O) groups excluding carboxylic acids is 1. The van der Waals surface area contributed by atoms with Gasteiger partial charge in [-0.2, -0.15) is 0 Å². The van der Waals surface area contributed by atoms with Crippen molar-refractivity contribution in [3.05, 3.63) is 0 Å². The molecule has 0 aromatic carbocycles. The maximum atomic E-state index is 9.90. The molecule has 0 radical (unpaired) electrons. The van der Waals surface area contributed by atoms with Crippen molar-refractivity contribution < 1.29 is 24.1 Å². The summed E-state index contributed by atoms with van der Waals surface area (Å²) in [5.74, 6) is -0.635. The first kappa shape index (κ1) is 21.3. The number of ether oxygens (including phenoxy) is 3. The predicted molar refractivity (Wildman–Crippen MR) is 82.8 cm³/mol. The summed E-state index contributed by atoms with van der Waals surface area (Å²) in [4.78, 5) is 9.90. The maximum Gasteiger partial charge on any atom is 0.165 e. The number of unbranched alkanes of at least 4 members (excludes halogenated alkanes) is 3. The molecule has 0 aromatic rings. The monoisotopic (exact) mass is 318 g/mol. The van der Waals surface area contributed by atoms with Gasteiger partial charge in [-0.1, -0.05) is 33.6 Å². The number of carboxylic acids is 1. The third-order valence-electron chi connectivity index (χ3n) is 3.62. The second kappa shape index (κ2) is 11.8. The number of aliphatic carboxylic acids is 1. The average Bonchev–Trinajstić information content (AvgIpc) is 2.46. The molecule has 0 amide bonds. The Labute approximate surface area is 134 Å². The molecule has 0 bridgehead atoms. The fraction of sp³-hybridized carbons (Fsp3) is 0.938. The van der Waals surface area contributed by atoms with Crippen molar-refractivity contribution >= 4 is 5.97 Å². The minimum atomic E-state index is -0.951. The lowest BCUT2D eigenvalue weighted by Crippen LogP contribution is -2.42. The zero-order valence-corrected chi connectivity index (χ0v) is 14.4. The molecule has 1 heterocycles. The molecule has 6 nitrogen and oxygen atoms in total. The van der Waals surface area contributed by atoms with Crippen LogP contribution in [0.2, 0.25) is 0 Å². The van der Waals surface area contributed by atoms with Crippen molar-refractivity contribution in [2.24, 2.45) is 17.1 Å². The van der Waals surface area contributed by atoms with E-state index in [1.165, 1.54) is 0 Å². The second-order valence-corrected chi connectivity index (χ2v) is 6.56. The molecule has 132 valence electrons.